The number of carbonyl (C=O) groups excluding carboxylic acids is 3. The maximum absolute atomic E-state index is 12.1. The quantitative estimate of drug-likeness (QED) is 0.291. The Balaban J connectivity index is 0.000000409. The molecule has 1 aromatic carbocycles. The molecule has 3 N–H and O–H groups in total. The fraction of sp³-hybridized carbons (Fsp3) is 0.417. The minimum Gasteiger partial charge on any atom is -0.392 e. The highest BCUT2D eigenvalue weighted by atomic mass is 32.1. The minimum absolute atomic E-state index is 0.0608. The molecule has 33 heavy (non-hydrogen) atoms. The van der Waals surface area contributed by atoms with Crippen LogP contribution < -0.4 is 10.0 Å². The van der Waals surface area contributed by atoms with Crippen LogP contribution in [0.1, 0.15) is 72.5 Å². The van der Waals surface area contributed by atoms with Gasteiger partial charge in [0.05, 0.1) is 6.61 Å². The van der Waals surface area contributed by atoms with Gasteiger partial charge in [0.15, 0.2) is 11.5 Å². The number of carbonyl (C=O) groups is 3. The minimum atomic E-state index is -0.516. The third kappa shape index (κ3) is 10.5. The predicted octanol–water partition coefficient (Wildman–Crippen LogP) is 3.48. The molecule has 8 nitrogen and oxygen atoms in total. The number of aliphatic hydroxyl groups is 1. The van der Waals surface area contributed by atoms with Crippen LogP contribution in [0, 0.1) is 0 Å². The molecule has 0 unspecified atom stereocenters. The molecule has 0 bridgehead atoms. The molecule has 180 valence electrons. The number of hydrogen-bond acceptors (Lipinski definition) is 6. The number of allylic oxidation sites excluding steroid dienone is 1. The van der Waals surface area contributed by atoms with Gasteiger partial charge in [-0.3, -0.25) is 23.8 Å². The van der Waals surface area contributed by atoms with E-state index in [0.29, 0.717) is 0 Å². The fourth-order valence-electron chi connectivity index (χ4n) is 3.23. The molecule has 0 radical (unpaired) electrons. The van der Waals surface area contributed by atoms with Crippen LogP contribution in [0.25, 0.3) is 0 Å². The van der Waals surface area contributed by atoms with Gasteiger partial charge in [-0.05, 0) is 25.3 Å². The summed E-state index contributed by atoms with van der Waals surface area (Å²) in [6, 6.07) is 11.1. The second kappa shape index (κ2) is 15.8. The largest absolute Gasteiger partial charge is 0.392 e. The van der Waals surface area contributed by atoms with E-state index in [2.05, 4.69) is 34.5 Å². The Bertz CT molecular complexity index is 893. The third-order valence-electron chi connectivity index (χ3n) is 4.76. The van der Waals surface area contributed by atoms with Crippen molar-refractivity contribution in [3.05, 3.63) is 66.0 Å². The Hall–Kier alpha value is -2.91. The van der Waals surface area contributed by atoms with Crippen LogP contribution >= 0.6 is 12.8 Å². The van der Waals surface area contributed by atoms with Crippen molar-refractivity contribution in [2.24, 2.45) is 0 Å². The van der Waals surface area contributed by atoms with Gasteiger partial charge < -0.3 is 10.4 Å². The third-order valence-corrected chi connectivity index (χ3v) is 4.97. The summed E-state index contributed by atoms with van der Waals surface area (Å²) in [7, 11) is 0. The SMILES string of the molecule is C=CC.CC(=O)c1cc(C(=O)NS)nn1CC(=O)NC1CCCCC1.OCc1ccccc1. The van der Waals surface area contributed by atoms with E-state index in [1.165, 1.54) is 24.1 Å². The summed E-state index contributed by atoms with van der Waals surface area (Å²) < 4.78 is 3.41. The molecule has 0 spiro atoms. The molecule has 3 rings (SSSR count). The highest BCUT2D eigenvalue weighted by molar-refractivity contribution is 7.78. The van der Waals surface area contributed by atoms with Gasteiger partial charge in [-0.1, -0.05) is 68.5 Å². The molecule has 1 aliphatic carbocycles. The number of rotatable bonds is 6. The molecule has 1 saturated carbocycles. The first kappa shape index (κ1) is 28.1. The smallest absolute Gasteiger partial charge is 0.281 e. The summed E-state index contributed by atoms with van der Waals surface area (Å²) in [5, 5.41) is 15.5. The van der Waals surface area contributed by atoms with Gasteiger partial charge in [-0.25, -0.2) is 0 Å². The maximum atomic E-state index is 12.1. The highest BCUT2D eigenvalue weighted by Gasteiger charge is 2.20. The van der Waals surface area contributed by atoms with E-state index in [1.807, 2.05) is 37.3 Å². The van der Waals surface area contributed by atoms with Gasteiger partial charge in [0.1, 0.15) is 12.2 Å². The number of nitrogens with zero attached hydrogens (tertiary/aromatic N) is 2. The van der Waals surface area contributed by atoms with E-state index in [1.54, 1.807) is 6.08 Å². The Morgan fingerprint density at radius 3 is 2.30 bits per heavy atom. The average Bonchev–Trinajstić information content (AvgIpc) is 3.24. The molecular formula is C24H34N4O4S. The number of thiol groups is 1. The summed E-state index contributed by atoms with van der Waals surface area (Å²) >= 11 is 3.67. The Labute approximate surface area is 201 Å². The van der Waals surface area contributed by atoms with Crippen molar-refractivity contribution >= 4 is 30.4 Å². The summed E-state index contributed by atoms with van der Waals surface area (Å²) in [5.41, 5.74) is 1.25. The number of aromatic nitrogens is 2. The monoisotopic (exact) mass is 474 g/mol. The standard InChI is InChI=1S/C14H20N4O3S.C7H8O.C3H6/c1-9(19)12-7-11(14(21)17-22)16-18(12)8-13(20)15-10-5-3-2-4-6-10;8-6-7-4-2-1-3-5-7;1-3-2/h7,10,22H,2-6,8H2,1H3,(H,15,20)(H,17,21);1-5,8H,6H2;3H,1H2,2H3. The lowest BCUT2D eigenvalue weighted by Gasteiger charge is -2.22. The lowest BCUT2D eigenvalue weighted by molar-refractivity contribution is -0.122. The predicted molar refractivity (Wildman–Crippen MR) is 132 cm³/mol. The Kier molecular flexibility index (Phi) is 13.5. The van der Waals surface area contributed by atoms with Gasteiger partial charge >= 0.3 is 0 Å². The number of benzene rings is 1. The number of hydrogen-bond donors (Lipinski definition) is 4. The maximum Gasteiger partial charge on any atom is 0.281 e. The molecule has 0 saturated heterocycles. The number of aliphatic hydroxyl groups excluding tert-OH is 1. The number of amides is 2. The zero-order chi connectivity index (χ0) is 24.6. The lowest BCUT2D eigenvalue weighted by Crippen LogP contribution is -2.38. The van der Waals surface area contributed by atoms with Gasteiger partial charge in [0.2, 0.25) is 5.91 Å². The highest BCUT2D eigenvalue weighted by Crippen LogP contribution is 2.17. The number of Topliss-reactive ketones (excluding diaryl/α,β-unsaturated/α-hetero) is 1. The normalized spacial score (nSPS) is 12.8. The van der Waals surface area contributed by atoms with Crippen molar-refractivity contribution in [2.75, 3.05) is 0 Å². The molecule has 1 heterocycles. The van der Waals surface area contributed by atoms with E-state index >= 15 is 0 Å². The van der Waals surface area contributed by atoms with Gasteiger partial charge in [-0.15, -0.1) is 6.58 Å². The van der Waals surface area contributed by atoms with Gasteiger partial charge in [0.25, 0.3) is 5.91 Å². The van der Waals surface area contributed by atoms with E-state index < -0.39 is 5.91 Å². The molecule has 1 fully saturated rings. The van der Waals surface area contributed by atoms with Crippen LogP contribution in [0.5, 0.6) is 0 Å². The fourth-order valence-corrected chi connectivity index (χ4v) is 3.34. The Morgan fingerprint density at radius 2 is 1.82 bits per heavy atom. The van der Waals surface area contributed by atoms with Crippen LogP contribution in [0.2, 0.25) is 0 Å². The summed E-state index contributed by atoms with van der Waals surface area (Å²) in [6.45, 7) is 6.68. The first-order valence-electron chi connectivity index (χ1n) is 10.9. The topological polar surface area (TPSA) is 113 Å². The second-order valence-electron chi connectivity index (χ2n) is 7.52. The van der Waals surface area contributed by atoms with E-state index in [-0.39, 0.29) is 42.3 Å². The van der Waals surface area contributed by atoms with Crippen LogP contribution in [-0.2, 0) is 17.9 Å². The average molecular weight is 475 g/mol. The molecular weight excluding hydrogens is 440 g/mol. The van der Waals surface area contributed by atoms with Crippen molar-refractivity contribution in [2.45, 2.75) is 65.1 Å². The summed E-state index contributed by atoms with van der Waals surface area (Å²) in [5.74, 6) is -0.969. The van der Waals surface area contributed by atoms with Crippen molar-refractivity contribution < 1.29 is 19.5 Å². The van der Waals surface area contributed by atoms with Crippen molar-refractivity contribution in [3.63, 3.8) is 0 Å². The van der Waals surface area contributed by atoms with Crippen molar-refractivity contribution in [1.29, 1.82) is 0 Å². The summed E-state index contributed by atoms with van der Waals surface area (Å²) in [6.07, 6.45) is 7.17. The first-order valence-corrected chi connectivity index (χ1v) is 11.3. The van der Waals surface area contributed by atoms with E-state index in [0.717, 1.165) is 31.2 Å². The molecule has 9 heteroatoms. The molecule has 0 aliphatic heterocycles. The molecule has 0 atom stereocenters. The van der Waals surface area contributed by atoms with Crippen LogP contribution in [0.3, 0.4) is 0 Å². The number of nitrogens with one attached hydrogen (secondary N) is 2. The molecule has 2 aromatic rings. The zero-order valence-corrected chi connectivity index (χ0v) is 20.2. The first-order chi connectivity index (χ1) is 15.9. The molecule has 1 aromatic heterocycles. The van der Waals surface area contributed by atoms with Gasteiger partial charge in [-0.2, -0.15) is 5.10 Å². The van der Waals surface area contributed by atoms with Crippen LogP contribution in [0.4, 0.5) is 0 Å². The second-order valence-corrected chi connectivity index (χ2v) is 7.75. The number of ketones is 1. The molecule has 1 aliphatic rings. The Morgan fingerprint density at radius 1 is 1.21 bits per heavy atom. The zero-order valence-electron chi connectivity index (χ0n) is 19.3. The van der Waals surface area contributed by atoms with Crippen molar-refractivity contribution in [3.8, 4) is 0 Å². The van der Waals surface area contributed by atoms with Gasteiger partial charge in [0, 0.05) is 19.0 Å². The molecule has 2 amide bonds. The van der Waals surface area contributed by atoms with E-state index in [4.69, 9.17) is 5.11 Å². The van der Waals surface area contributed by atoms with E-state index in [9.17, 15) is 14.4 Å². The van der Waals surface area contributed by atoms with Crippen molar-refractivity contribution in [1.82, 2.24) is 19.8 Å². The lowest BCUT2D eigenvalue weighted by atomic mass is 9.95. The summed E-state index contributed by atoms with van der Waals surface area (Å²) in [4.78, 5) is 35.3. The van der Waals surface area contributed by atoms with Crippen LogP contribution in [0.15, 0.2) is 49.1 Å². The van der Waals surface area contributed by atoms with Crippen LogP contribution in [-0.4, -0.2) is 38.5 Å².